The van der Waals surface area contributed by atoms with Crippen LogP contribution in [-0.2, 0) is 6.61 Å². The summed E-state index contributed by atoms with van der Waals surface area (Å²) in [5.74, 6) is -0.142. The molecule has 0 fully saturated rings. The van der Waals surface area contributed by atoms with Gasteiger partial charge < -0.3 is 10.8 Å². The van der Waals surface area contributed by atoms with Crippen LogP contribution < -0.4 is 5.73 Å². The molecule has 1 heterocycles. The van der Waals surface area contributed by atoms with Gasteiger partial charge in [-0.1, -0.05) is 0 Å². The third-order valence-electron chi connectivity index (χ3n) is 1.68. The number of hydrogen-bond donors (Lipinski definition) is 2. The van der Waals surface area contributed by atoms with E-state index in [2.05, 4.69) is 4.98 Å². The van der Waals surface area contributed by atoms with E-state index >= 15 is 0 Å². The average molecular weight is 180 g/mol. The Morgan fingerprint density at radius 2 is 2.46 bits per heavy atom. The molecular weight excluding hydrogens is 168 g/mol. The monoisotopic (exact) mass is 180 g/mol. The normalized spacial score (nSPS) is 12.5. The first-order chi connectivity index (χ1) is 6.15. The summed E-state index contributed by atoms with van der Waals surface area (Å²) in [6.07, 6.45) is 1.49. The van der Waals surface area contributed by atoms with Crippen LogP contribution in [0.15, 0.2) is 18.3 Å². The second-order valence-corrected chi connectivity index (χ2v) is 2.85. The summed E-state index contributed by atoms with van der Waals surface area (Å²) in [7, 11) is 0. The summed E-state index contributed by atoms with van der Waals surface area (Å²) in [5, 5.41) is 8.78. The van der Waals surface area contributed by atoms with Gasteiger partial charge in [-0.25, -0.2) is 0 Å². The van der Waals surface area contributed by atoms with Crippen molar-refractivity contribution < 1.29 is 9.90 Å². The molecule has 0 radical (unpaired) electrons. The van der Waals surface area contributed by atoms with Crippen LogP contribution in [-0.4, -0.2) is 21.9 Å². The summed E-state index contributed by atoms with van der Waals surface area (Å²) in [6.45, 7) is 1.46. The van der Waals surface area contributed by atoms with Crippen LogP contribution in [0.3, 0.4) is 0 Å². The fourth-order valence-electron chi connectivity index (χ4n) is 0.981. The molecule has 0 saturated carbocycles. The second kappa shape index (κ2) is 4.11. The highest BCUT2D eigenvalue weighted by molar-refractivity contribution is 5.99. The van der Waals surface area contributed by atoms with Gasteiger partial charge in [-0.3, -0.25) is 9.78 Å². The Hall–Kier alpha value is -1.26. The standard InChI is InChI=1S/C9H12N2O2/c1-6(10)9(13)7-2-3-11-8(4-7)5-12/h2-4,6,12H,5,10H2,1H3. The molecule has 70 valence electrons. The van der Waals surface area contributed by atoms with E-state index in [1.807, 2.05) is 0 Å². The van der Waals surface area contributed by atoms with E-state index in [0.717, 1.165) is 0 Å². The highest BCUT2D eigenvalue weighted by Crippen LogP contribution is 2.04. The first-order valence-corrected chi connectivity index (χ1v) is 4.00. The Balaban J connectivity index is 2.95. The van der Waals surface area contributed by atoms with Crippen molar-refractivity contribution in [2.24, 2.45) is 5.73 Å². The highest BCUT2D eigenvalue weighted by Gasteiger charge is 2.10. The number of rotatable bonds is 3. The van der Waals surface area contributed by atoms with E-state index in [4.69, 9.17) is 10.8 Å². The fourth-order valence-corrected chi connectivity index (χ4v) is 0.981. The van der Waals surface area contributed by atoms with Crippen LogP contribution in [0.4, 0.5) is 0 Å². The summed E-state index contributed by atoms with van der Waals surface area (Å²) in [5.41, 5.74) is 6.40. The van der Waals surface area contributed by atoms with E-state index in [-0.39, 0.29) is 12.4 Å². The Bertz CT molecular complexity index is 310. The number of pyridine rings is 1. The number of carbonyl (C=O) groups is 1. The summed E-state index contributed by atoms with van der Waals surface area (Å²) in [6, 6.07) is 2.62. The maximum Gasteiger partial charge on any atom is 0.179 e. The topological polar surface area (TPSA) is 76.2 Å². The van der Waals surface area contributed by atoms with E-state index in [0.29, 0.717) is 11.3 Å². The average Bonchev–Trinajstić information content (AvgIpc) is 2.16. The third-order valence-corrected chi connectivity index (χ3v) is 1.68. The van der Waals surface area contributed by atoms with Crippen molar-refractivity contribution in [1.82, 2.24) is 4.98 Å². The van der Waals surface area contributed by atoms with Crippen LogP contribution in [0, 0.1) is 0 Å². The van der Waals surface area contributed by atoms with E-state index in [1.54, 1.807) is 19.1 Å². The van der Waals surface area contributed by atoms with Gasteiger partial charge in [0.05, 0.1) is 18.3 Å². The maximum atomic E-state index is 11.4. The van der Waals surface area contributed by atoms with Crippen molar-refractivity contribution in [3.05, 3.63) is 29.6 Å². The van der Waals surface area contributed by atoms with Crippen LogP contribution in [0.25, 0.3) is 0 Å². The molecular formula is C9H12N2O2. The lowest BCUT2D eigenvalue weighted by Crippen LogP contribution is -2.26. The number of Topliss-reactive ketones (excluding diaryl/α,β-unsaturated/α-hetero) is 1. The number of aliphatic hydroxyl groups is 1. The van der Waals surface area contributed by atoms with Crippen LogP contribution in [0.2, 0.25) is 0 Å². The molecule has 0 aliphatic heterocycles. The number of nitrogens with two attached hydrogens (primary N) is 1. The van der Waals surface area contributed by atoms with Gasteiger partial charge in [0.1, 0.15) is 0 Å². The molecule has 13 heavy (non-hydrogen) atoms. The summed E-state index contributed by atoms with van der Waals surface area (Å²) in [4.78, 5) is 15.2. The minimum absolute atomic E-state index is 0.142. The van der Waals surface area contributed by atoms with E-state index < -0.39 is 6.04 Å². The van der Waals surface area contributed by atoms with Gasteiger partial charge in [0.15, 0.2) is 5.78 Å². The van der Waals surface area contributed by atoms with Crippen LogP contribution in [0.1, 0.15) is 23.0 Å². The third kappa shape index (κ3) is 2.34. The lowest BCUT2D eigenvalue weighted by Gasteiger charge is -2.04. The zero-order valence-electron chi connectivity index (χ0n) is 7.40. The molecule has 1 rings (SSSR count). The van der Waals surface area contributed by atoms with Crippen molar-refractivity contribution in [3.63, 3.8) is 0 Å². The smallest absolute Gasteiger partial charge is 0.179 e. The van der Waals surface area contributed by atoms with Crippen molar-refractivity contribution in [3.8, 4) is 0 Å². The number of aromatic nitrogens is 1. The first kappa shape index (κ1) is 9.83. The van der Waals surface area contributed by atoms with Gasteiger partial charge >= 0.3 is 0 Å². The van der Waals surface area contributed by atoms with Crippen molar-refractivity contribution in [1.29, 1.82) is 0 Å². The largest absolute Gasteiger partial charge is 0.390 e. The lowest BCUT2D eigenvalue weighted by atomic mass is 10.1. The summed E-state index contributed by atoms with van der Waals surface area (Å²) < 4.78 is 0. The SMILES string of the molecule is CC(N)C(=O)c1ccnc(CO)c1. The molecule has 1 aromatic heterocycles. The predicted octanol–water partition coefficient (Wildman–Crippen LogP) is 0.104. The van der Waals surface area contributed by atoms with Crippen molar-refractivity contribution in [2.45, 2.75) is 19.6 Å². The molecule has 0 aliphatic carbocycles. The zero-order chi connectivity index (χ0) is 9.84. The fraction of sp³-hybridized carbons (Fsp3) is 0.333. The molecule has 0 bridgehead atoms. The number of hydrogen-bond acceptors (Lipinski definition) is 4. The first-order valence-electron chi connectivity index (χ1n) is 4.00. The maximum absolute atomic E-state index is 11.4. The predicted molar refractivity (Wildman–Crippen MR) is 48.1 cm³/mol. The Labute approximate surface area is 76.4 Å². The molecule has 0 amide bonds. The Morgan fingerprint density at radius 3 is 3.00 bits per heavy atom. The second-order valence-electron chi connectivity index (χ2n) is 2.85. The van der Waals surface area contributed by atoms with Gasteiger partial charge in [0.25, 0.3) is 0 Å². The van der Waals surface area contributed by atoms with E-state index in [1.165, 1.54) is 6.20 Å². The van der Waals surface area contributed by atoms with Crippen molar-refractivity contribution in [2.75, 3.05) is 0 Å². The molecule has 3 N–H and O–H groups in total. The Kier molecular flexibility index (Phi) is 3.11. The van der Waals surface area contributed by atoms with Gasteiger partial charge in [0.2, 0.25) is 0 Å². The van der Waals surface area contributed by atoms with Crippen molar-refractivity contribution >= 4 is 5.78 Å². The number of aliphatic hydroxyl groups excluding tert-OH is 1. The Morgan fingerprint density at radius 1 is 1.77 bits per heavy atom. The zero-order valence-corrected chi connectivity index (χ0v) is 7.40. The quantitative estimate of drug-likeness (QED) is 0.647. The molecule has 4 heteroatoms. The molecule has 1 unspecified atom stereocenters. The molecule has 1 atom stereocenters. The van der Waals surface area contributed by atoms with Gasteiger partial charge in [0, 0.05) is 11.8 Å². The summed E-state index contributed by atoms with van der Waals surface area (Å²) >= 11 is 0. The van der Waals surface area contributed by atoms with E-state index in [9.17, 15) is 4.79 Å². The van der Waals surface area contributed by atoms with Crippen LogP contribution in [0.5, 0.6) is 0 Å². The minimum atomic E-state index is -0.519. The highest BCUT2D eigenvalue weighted by atomic mass is 16.3. The molecule has 0 spiro atoms. The molecule has 0 saturated heterocycles. The van der Waals surface area contributed by atoms with Gasteiger partial charge in [-0.05, 0) is 19.1 Å². The van der Waals surface area contributed by atoms with Gasteiger partial charge in [-0.15, -0.1) is 0 Å². The van der Waals surface area contributed by atoms with Gasteiger partial charge in [-0.2, -0.15) is 0 Å². The molecule has 1 aromatic rings. The van der Waals surface area contributed by atoms with Crippen LogP contribution >= 0.6 is 0 Å². The minimum Gasteiger partial charge on any atom is -0.390 e. The number of nitrogens with zero attached hydrogens (tertiary/aromatic N) is 1. The molecule has 0 aliphatic rings. The number of carbonyl (C=O) groups excluding carboxylic acids is 1. The number of ketones is 1. The lowest BCUT2D eigenvalue weighted by molar-refractivity contribution is 0.0967. The molecule has 0 aromatic carbocycles. The molecule has 4 nitrogen and oxygen atoms in total.